The van der Waals surface area contributed by atoms with Crippen molar-refractivity contribution in [1.82, 2.24) is 10.6 Å². The van der Waals surface area contributed by atoms with Crippen LogP contribution in [-0.4, -0.2) is 25.0 Å². The fourth-order valence-electron chi connectivity index (χ4n) is 2.91. The van der Waals surface area contributed by atoms with Crippen LogP contribution in [0.2, 0.25) is 0 Å². The van der Waals surface area contributed by atoms with E-state index in [0.717, 1.165) is 25.9 Å². The molecular weight excluding hydrogens is 200 g/mol. The lowest BCUT2D eigenvalue weighted by Crippen LogP contribution is -2.45. The zero-order valence-corrected chi connectivity index (χ0v) is 10.3. The highest BCUT2D eigenvalue weighted by Gasteiger charge is 2.29. The van der Waals surface area contributed by atoms with Crippen molar-refractivity contribution in [2.24, 2.45) is 5.41 Å². The van der Waals surface area contributed by atoms with Crippen LogP contribution in [0, 0.1) is 5.41 Å². The van der Waals surface area contributed by atoms with Gasteiger partial charge in [-0.25, -0.2) is 0 Å². The minimum absolute atomic E-state index is 0.0761. The molecule has 0 spiro atoms. The van der Waals surface area contributed by atoms with Gasteiger partial charge in [0.2, 0.25) is 5.91 Å². The van der Waals surface area contributed by atoms with Crippen molar-refractivity contribution in [2.75, 3.05) is 13.1 Å². The highest BCUT2D eigenvalue weighted by Crippen LogP contribution is 2.34. The highest BCUT2D eigenvalue weighted by atomic mass is 16.2. The number of carbonyl (C=O) groups excluding carboxylic acids is 1. The van der Waals surface area contributed by atoms with E-state index in [1.165, 1.54) is 32.1 Å². The fraction of sp³-hybridized carbons (Fsp3) is 0.923. The van der Waals surface area contributed by atoms with Gasteiger partial charge in [-0.05, 0) is 37.6 Å². The van der Waals surface area contributed by atoms with Gasteiger partial charge < -0.3 is 10.6 Å². The van der Waals surface area contributed by atoms with Crippen LogP contribution in [0.1, 0.15) is 51.9 Å². The maximum Gasteiger partial charge on any atom is 0.237 e. The molecule has 1 saturated heterocycles. The van der Waals surface area contributed by atoms with E-state index in [2.05, 4.69) is 17.6 Å². The number of amides is 1. The smallest absolute Gasteiger partial charge is 0.237 e. The van der Waals surface area contributed by atoms with Crippen molar-refractivity contribution < 1.29 is 4.79 Å². The number of hydrogen-bond donors (Lipinski definition) is 2. The SMILES string of the molecule is CC1(CNC(=O)[C@H]2CCCN2)CCCCC1. The summed E-state index contributed by atoms with van der Waals surface area (Å²) in [6.45, 7) is 4.17. The molecule has 2 aliphatic rings. The van der Waals surface area contributed by atoms with Crippen LogP contribution >= 0.6 is 0 Å². The van der Waals surface area contributed by atoms with Crippen molar-refractivity contribution in [2.45, 2.75) is 57.9 Å². The molecule has 1 aliphatic heterocycles. The van der Waals surface area contributed by atoms with Gasteiger partial charge >= 0.3 is 0 Å². The Labute approximate surface area is 98.4 Å². The quantitative estimate of drug-likeness (QED) is 0.768. The van der Waals surface area contributed by atoms with Gasteiger partial charge in [0.25, 0.3) is 0 Å². The molecule has 2 rings (SSSR count). The van der Waals surface area contributed by atoms with Crippen LogP contribution in [0.5, 0.6) is 0 Å². The summed E-state index contributed by atoms with van der Waals surface area (Å²) in [4.78, 5) is 11.9. The van der Waals surface area contributed by atoms with E-state index in [-0.39, 0.29) is 11.9 Å². The molecule has 0 bridgehead atoms. The van der Waals surface area contributed by atoms with Gasteiger partial charge in [0.05, 0.1) is 6.04 Å². The second kappa shape index (κ2) is 5.17. The molecule has 0 unspecified atom stereocenters. The Morgan fingerprint density at radius 1 is 1.31 bits per heavy atom. The summed E-state index contributed by atoms with van der Waals surface area (Å²) in [5, 5.41) is 6.38. The highest BCUT2D eigenvalue weighted by molar-refractivity contribution is 5.82. The van der Waals surface area contributed by atoms with Crippen LogP contribution < -0.4 is 10.6 Å². The fourth-order valence-corrected chi connectivity index (χ4v) is 2.91. The molecule has 3 nitrogen and oxygen atoms in total. The molecule has 1 atom stereocenters. The van der Waals surface area contributed by atoms with Crippen molar-refractivity contribution in [1.29, 1.82) is 0 Å². The Kier molecular flexibility index (Phi) is 3.85. The Morgan fingerprint density at radius 3 is 2.69 bits per heavy atom. The zero-order chi connectivity index (χ0) is 11.4. The minimum Gasteiger partial charge on any atom is -0.354 e. The zero-order valence-electron chi connectivity index (χ0n) is 10.3. The van der Waals surface area contributed by atoms with Crippen molar-refractivity contribution in [3.8, 4) is 0 Å². The maximum absolute atomic E-state index is 11.9. The van der Waals surface area contributed by atoms with E-state index < -0.39 is 0 Å². The predicted octanol–water partition coefficient (Wildman–Crippen LogP) is 1.82. The van der Waals surface area contributed by atoms with E-state index in [1.54, 1.807) is 0 Å². The van der Waals surface area contributed by atoms with Crippen LogP contribution in [0.15, 0.2) is 0 Å². The van der Waals surface area contributed by atoms with E-state index in [9.17, 15) is 4.79 Å². The average Bonchev–Trinajstić information content (AvgIpc) is 2.80. The summed E-state index contributed by atoms with van der Waals surface area (Å²) in [6.07, 6.45) is 8.70. The third-order valence-electron chi connectivity index (χ3n) is 4.13. The molecule has 2 fully saturated rings. The molecule has 2 N–H and O–H groups in total. The first-order chi connectivity index (χ1) is 7.70. The normalized spacial score (nSPS) is 28.9. The van der Waals surface area contributed by atoms with Gasteiger partial charge in [-0.1, -0.05) is 26.2 Å². The molecule has 0 radical (unpaired) electrons. The first kappa shape index (κ1) is 11.9. The molecule has 0 aromatic heterocycles. The first-order valence-electron chi connectivity index (χ1n) is 6.71. The first-order valence-corrected chi connectivity index (χ1v) is 6.71. The second-order valence-electron chi connectivity index (χ2n) is 5.74. The molecular formula is C13H24N2O. The van der Waals surface area contributed by atoms with Gasteiger partial charge in [-0.2, -0.15) is 0 Å². The van der Waals surface area contributed by atoms with Crippen LogP contribution in [0.4, 0.5) is 0 Å². The molecule has 0 aromatic carbocycles. The lowest BCUT2D eigenvalue weighted by molar-refractivity contribution is -0.123. The Balaban J connectivity index is 1.75. The minimum atomic E-state index is 0.0761. The summed E-state index contributed by atoms with van der Waals surface area (Å²) in [5.41, 5.74) is 0.354. The molecule has 1 amide bonds. The van der Waals surface area contributed by atoms with E-state index in [4.69, 9.17) is 0 Å². The van der Waals surface area contributed by atoms with E-state index in [0.29, 0.717) is 5.41 Å². The summed E-state index contributed by atoms with van der Waals surface area (Å²) < 4.78 is 0. The maximum atomic E-state index is 11.9. The molecule has 0 aromatic rings. The Morgan fingerprint density at radius 2 is 2.06 bits per heavy atom. The van der Waals surface area contributed by atoms with Gasteiger partial charge in [0, 0.05) is 6.54 Å². The molecule has 16 heavy (non-hydrogen) atoms. The predicted molar refractivity (Wildman–Crippen MR) is 65.2 cm³/mol. The molecule has 1 aliphatic carbocycles. The summed E-state index contributed by atoms with van der Waals surface area (Å²) >= 11 is 0. The molecule has 1 saturated carbocycles. The summed E-state index contributed by atoms with van der Waals surface area (Å²) in [7, 11) is 0. The van der Waals surface area contributed by atoms with Crippen molar-refractivity contribution in [3.05, 3.63) is 0 Å². The van der Waals surface area contributed by atoms with E-state index >= 15 is 0 Å². The van der Waals surface area contributed by atoms with Crippen molar-refractivity contribution in [3.63, 3.8) is 0 Å². The Hall–Kier alpha value is -0.570. The van der Waals surface area contributed by atoms with Crippen LogP contribution in [0.25, 0.3) is 0 Å². The summed E-state index contributed by atoms with van der Waals surface area (Å²) in [5.74, 6) is 0.212. The lowest BCUT2D eigenvalue weighted by Gasteiger charge is -2.34. The van der Waals surface area contributed by atoms with Gasteiger partial charge in [0.1, 0.15) is 0 Å². The van der Waals surface area contributed by atoms with Gasteiger partial charge in [-0.3, -0.25) is 4.79 Å². The average molecular weight is 224 g/mol. The number of carbonyl (C=O) groups is 1. The largest absolute Gasteiger partial charge is 0.354 e. The molecule has 1 heterocycles. The topological polar surface area (TPSA) is 41.1 Å². The third-order valence-corrected chi connectivity index (χ3v) is 4.13. The molecule has 92 valence electrons. The van der Waals surface area contributed by atoms with Crippen LogP contribution in [0.3, 0.4) is 0 Å². The van der Waals surface area contributed by atoms with Crippen molar-refractivity contribution >= 4 is 5.91 Å². The van der Waals surface area contributed by atoms with Gasteiger partial charge in [-0.15, -0.1) is 0 Å². The number of nitrogens with one attached hydrogen (secondary N) is 2. The monoisotopic (exact) mass is 224 g/mol. The second-order valence-corrected chi connectivity index (χ2v) is 5.74. The Bertz CT molecular complexity index is 240. The number of rotatable bonds is 3. The summed E-state index contributed by atoms with van der Waals surface area (Å²) in [6, 6.07) is 0.0761. The third kappa shape index (κ3) is 2.97. The molecule has 3 heteroatoms. The number of hydrogen-bond acceptors (Lipinski definition) is 2. The van der Waals surface area contributed by atoms with Crippen LogP contribution in [-0.2, 0) is 4.79 Å². The van der Waals surface area contributed by atoms with E-state index in [1.807, 2.05) is 0 Å². The van der Waals surface area contributed by atoms with Gasteiger partial charge in [0.15, 0.2) is 0 Å². The standard InChI is InChI=1S/C13H24N2O/c1-13(7-3-2-4-8-13)10-15-12(16)11-6-5-9-14-11/h11,14H,2-10H2,1H3,(H,15,16)/t11-/m1/s1. The lowest BCUT2D eigenvalue weighted by atomic mass is 9.76.